The van der Waals surface area contributed by atoms with Crippen LogP contribution in [0.15, 0.2) is 30.3 Å². The number of carbonyl (C=O) groups is 3. The number of ether oxygens (including phenoxy) is 1. The molecule has 0 radical (unpaired) electrons. The summed E-state index contributed by atoms with van der Waals surface area (Å²) in [7, 11) is 0. The maximum Gasteiger partial charge on any atom is 0.329 e. The van der Waals surface area contributed by atoms with Crippen molar-refractivity contribution < 1.29 is 19.1 Å². The number of amides is 2. The van der Waals surface area contributed by atoms with Gasteiger partial charge in [-0.25, -0.2) is 4.79 Å². The van der Waals surface area contributed by atoms with Gasteiger partial charge >= 0.3 is 5.97 Å². The maximum absolute atomic E-state index is 11.8. The first-order valence-corrected chi connectivity index (χ1v) is 8.07. The number of aryl methyl sites for hydroxylation is 1. The third kappa shape index (κ3) is 12.7. The average molecular weight is 351 g/mol. The van der Waals surface area contributed by atoms with E-state index in [9.17, 15) is 14.4 Å². The molecule has 7 nitrogen and oxygen atoms in total. The van der Waals surface area contributed by atoms with E-state index in [1.54, 1.807) is 20.8 Å². The second-order valence-electron chi connectivity index (χ2n) is 6.52. The Morgan fingerprint density at radius 1 is 1.16 bits per heavy atom. The van der Waals surface area contributed by atoms with Crippen LogP contribution in [0.5, 0.6) is 0 Å². The molecule has 0 aliphatic rings. The van der Waals surface area contributed by atoms with Crippen molar-refractivity contribution in [2.75, 3.05) is 6.54 Å². The summed E-state index contributed by atoms with van der Waals surface area (Å²) in [6, 6.07) is 9.35. The smallest absolute Gasteiger partial charge is 0.329 e. The van der Waals surface area contributed by atoms with Gasteiger partial charge in [-0.3, -0.25) is 9.59 Å². The van der Waals surface area contributed by atoms with Gasteiger partial charge in [-0.2, -0.15) is 0 Å². The van der Waals surface area contributed by atoms with E-state index < -0.39 is 29.4 Å². The van der Waals surface area contributed by atoms with Crippen LogP contribution < -0.4 is 16.8 Å². The second-order valence-corrected chi connectivity index (χ2v) is 6.52. The van der Waals surface area contributed by atoms with E-state index in [-0.39, 0.29) is 19.4 Å². The Bertz CT molecular complexity index is 553. The number of hydrogen-bond donors (Lipinski definition) is 3. The summed E-state index contributed by atoms with van der Waals surface area (Å²) >= 11 is 0. The van der Waals surface area contributed by atoms with Crippen LogP contribution >= 0.6 is 0 Å². The molecule has 25 heavy (non-hydrogen) atoms. The van der Waals surface area contributed by atoms with Crippen molar-refractivity contribution in [3.8, 4) is 0 Å². The first-order valence-electron chi connectivity index (χ1n) is 8.07. The first-order chi connectivity index (χ1) is 11.5. The zero-order valence-electron chi connectivity index (χ0n) is 15.4. The molecule has 0 saturated heterocycles. The minimum absolute atomic E-state index is 0.0191. The molecule has 0 saturated carbocycles. The molecule has 0 spiro atoms. The Kier molecular flexibility index (Phi) is 10.1. The quantitative estimate of drug-likeness (QED) is 0.660. The van der Waals surface area contributed by atoms with E-state index in [2.05, 4.69) is 24.4 Å². The Hall–Kier alpha value is -2.41. The molecule has 5 N–H and O–H groups in total. The van der Waals surface area contributed by atoms with Crippen molar-refractivity contribution in [3.63, 3.8) is 0 Å². The van der Waals surface area contributed by atoms with E-state index in [1.165, 1.54) is 5.56 Å². The fraction of sp³-hybridized carbons (Fsp3) is 0.500. The molecule has 0 fully saturated rings. The van der Waals surface area contributed by atoms with Crippen molar-refractivity contribution >= 4 is 17.8 Å². The fourth-order valence-electron chi connectivity index (χ4n) is 1.70. The summed E-state index contributed by atoms with van der Waals surface area (Å²) in [5.41, 5.74) is 10.8. The predicted octanol–water partition coefficient (Wildman–Crippen LogP) is 1.03. The number of nitrogens with two attached hydrogens (primary N) is 2. The number of primary amides is 1. The van der Waals surface area contributed by atoms with Gasteiger partial charge in [-0.15, -0.1) is 0 Å². The third-order valence-electron chi connectivity index (χ3n) is 2.83. The number of rotatable bonds is 6. The minimum Gasteiger partial charge on any atom is -0.458 e. The highest BCUT2D eigenvalue weighted by Crippen LogP contribution is 2.10. The van der Waals surface area contributed by atoms with Gasteiger partial charge in [0.05, 0.1) is 6.54 Å². The standard InChI is InChI=1S/C11H21N3O4.C7H8/c1-11(2,3)18-10(17)7(4-5-8(13)15)14-9(16)6-12;1-7-5-3-2-4-6-7/h7H,4-6,12H2,1-3H3,(H2,13,15)(H,14,16);2-6H,1H3. The number of carbonyl (C=O) groups excluding carboxylic acids is 3. The monoisotopic (exact) mass is 351 g/mol. The Balaban J connectivity index is 0.000000676. The van der Waals surface area contributed by atoms with Crippen molar-refractivity contribution in [1.29, 1.82) is 0 Å². The van der Waals surface area contributed by atoms with E-state index in [0.29, 0.717) is 0 Å². The minimum atomic E-state index is -0.909. The molecule has 0 heterocycles. The summed E-state index contributed by atoms with van der Waals surface area (Å²) in [5.74, 6) is -1.65. The maximum atomic E-state index is 11.8. The third-order valence-corrected chi connectivity index (χ3v) is 2.83. The van der Waals surface area contributed by atoms with Crippen LogP contribution in [0.2, 0.25) is 0 Å². The Morgan fingerprint density at radius 2 is 1.72 bits per heavy atom. The molecule has 0 aliphatic carbocycles. The zero-order valence-corrected chi connectivity index (χ0v) is 15.4. The molecular weight excluding hydrogens is 322 g/mol. The zero-order chi connectivity index (χ0) is 19.5. The second kappa shape index (κ2) is 11.2. The number of nitrogens with one attached hydrogen (secondary N) is 1. The van der Waals surface area contributed by atoms with Crippen LogP contribution in [-0.4, -0.2) is 36.0 Å². The molecule has 1 aromatic rings. The van der Waals surface area contributed by atoms with Gasteiger partial charge in [0.1, 0.15) is 11.6 Å². The highest BCUT2D eigenvalue weighted by atomic mass is 16.6. The molecule has 1 unspecified atom stereocenters. The Morgan fingerprint density at radius 3 is 2.08 bits per heavy atom. The Labute approximate surface area is 149 Å². The van der Waals surface area contributed by atoms with Crippen LogP contribution in [0.1, 0.15) is 39.2 Å². The number of hydrogen-bond acceptors (Lipinski definition) is 5. The molecule has 0 aliphatic heterocycles. The fourth-order valence-corrected chi connectivity index (χ4v) is 1.70. The van der Waals surface area contributed by atoms with E-state index in [4.69, 9.17) is 16.2 Å². The number of esters is 1. The summed E-state index contributed by atoms with van der Waals surface area (Å²) in [5, 5.41) is 2.40. The van der Waals surface area contributed by atoms with Crippen LogP contribution in [0, 0.1) is 6.92 Å². The van der Waals surface area contributed by atoms with Gasteiger partial charge in [-0.1, -0.05) is 35.9 Å². The lowest BCUT2D eigenvalue weighted by Gasteiger charge is -2.24. The predicted molar refractivity (Wildman–Crippen MR) is 96.4 cm³/mol. The van der Waals surface area contributed by atoms with Gasteiger partial charge < -0.3 is 21.5 Å². The van der Waals surface area contributed by atoms with Crippen LogP contribution in [-0.2, 0) is 19.1 Å². The normalized spacial score (nSPS) is 11.6. The van der Waals surface area contributed by atoms with Gasteiger partial charge in [0, 0.05) is 6.42 Å². The lowest BCUT2D eigenvalue weighted by molar-refractivity contribution is -0.158. The molecule has 7 heteroatoms. The highest BCUT2D eigenvalue weighted by Gasteiger charge is 2.26. The molecule has 1 rings (SSSR count). The topological polar surface area (TPSA) is 125 Å². The average Bonchev–Trinajstić information content (AvgIpc) is 2.50. The summed E-state index contributed by atoms with van der Waals surface area (Å²) in [6.45, 7) is 6.97. The molecule has 0 bridgehead atoms. The number of benzene rings is 1. The molecule has 0 aromatic heterocycles. The van der Waals surface area contributed by atoms with Crippen LogP contribution in [0.25, 0.3) is 0 Å². The van der Waals surface area contributed by atoms with Gasteiger partial charge in [0.25, 0.3) is 0 Å². The van der Waals surface area contributed by atoms with Gasteiger partial charge in [0.2, 0.25) is 11.8 Å². The van der Waals surface area contributed by atoms with Gasteiger partial charge in [0.15, 0.2) is 0 Å². The van der Waals surface area contributed by atoms with Crippen molar-refractivity contribution in [2.24, 2.45) is 11.5 Å². The van der Waals surface area contributed by atoms with E-state index in [1.807, 2.05) is 18.2 Å². The van der Waals surface area contributed by atoms with Crippen molar-refractivity contribution in [1.82, 2.24) is 5.32 Å². The SMILES string of the molecule is CC(C)(C)OC(=O)C(CCC(N)=O)NC(=O)CN.Cc1ccccc1. The lowest BCUT2D eigenvalue weighted by Crippen LogP contribution is -2.46. The van der Waals surface area contributed by atoms with Crippen molar-refractivity contribution in [3.05, 3.63) is 35.9 Å². The van der Waals surface area contributed by atoms with Crippen LogP contribution in [0.3, 0.4) is 0 Å². The first kappa shape index (κ1) is 22.6. The van der Waals surface area contributed by atoms with E-state index >= 15 is 0 Å². The molecule has 140 valence electrons. The molecule has 1 atom stereocenters. The highest BCUT2D eigenvalue weighted by molar-refractivity contribution is 5.86. The van der Waals surface area contributed by atoms with Gasteiger partial charge in [-0.05, 0) is 34.1 Å². The lowest BCUT2D eigenvalue weighted by atomic mass is 10.1. The molecule has 1 aromatic carbocycles. The molecule has 2 amide bonds. The molecular formula is C18H29N3O4. The van der Waals surface area contributed by atoms with Crippen LogP contribution in [0.4, 0.5) is 0 Å². The summed E-state index contributed by atoms with van der Waals surface area (Å²) in [6.07, 6.45) is 0.0742. The largest absolute Gasteiger partial charge is 0.458 e. The van der Waals surface area contributed by atoms with E-state index in [0.717, 1.165) is 0 Å². The summed E-state index contributed by atoms with van der Waals surface area (Å²) < 4.78 is 5.13. The van der Waals surface area contributed by atoms with Crippen molar-refractivity contribution in [2.45, 2.75) is 52.2 Å². The summed E-state index contributed by atoms with van der Waals surface area (Å²) in [4.78, 5) is 33.7.